The number of thioether (sulfide) groups is 1. The van der Waals surface area contributed by atoms with Crippen LogP contribution >= 0.6 is 11.8 Å². The van der Waals surface area contributed by atoms with E-state index in [1.54, 1.807) is 47.9 Å². The fourth-order valence-corrected chi connectivity index (χ4v) is 4.16. The van der Waals surface area contributed by atoms with Crippen LogP contribution in [0.3, 0.4) is 0 Å². The number of unbranched alkanes of at least 4 members (excludes halogenated alkanes) is 1. The van der Waals surface area contributed by atoms with Crippen molar-refractivity contribution in [2.24, 2.45) is 0 Å². The first kappa shape index (κ1) is 28.5. The summed E-state index contributed by atoms with van der Waals surface area (Å²) in [5, 5.41) is 9.23. The molecule has 1 amide bonds. The second-order valence-corrected chi connectivity index (χ2v) is 8.98. The first-order chi connectivity index (χ1) is 16.9. The average molecular weight is 508 g/mol. The SMILES string of the molecule is CCCCSCCN(CCOc1ccc(CC(OCC)C(=O)O)cc1)C(=O)Oc1ccc(F)cc1. The molecule has 0 aliphatic heterocycles. The molecule has 0 spiro atoms. The lowest BCUT2D eigenvalue weighted by atomic mass is 10.1. The summed E-state index contributed by atoms with van der Waals surface area (Å²) in [6.07, 6.45) is 1.12. The number of halogens is 1. The number of nitrogens with zero attached hydrogens (tertiary/aromatic N) is 1. The molecular weight excluding hydrogens is 473 g/mol. The second-order valence-electron chi connectivity index (χ2n) is 7.75. The van der Waals surface area contributed by atoms with E-state index >= 15 is 0 Å². The van der Waals surface area contributed by atoms with E-state index in [2.05, 4.69) is 6.92 Å². The number of carboxylic acid groups (broad SMARTS) is 1. The number of ether oxygens (including phenoxy) is 3. The van der Waals surface area contributed by atoms with Crippen molar-refractivity contribution in [1.29, 1.82) is 0 Å². The lowest BCUT2D eigenvalue weighted by Gasteiger charge is -2.22. The number of carbonyl (C=O) groups excluding carboxylic acids is 1. The largest absolute Gasteiger partial charge is 0.492 e. The van der Waals surface area contributed by atoms with E-state index in [1.807, 2.05) is 0 Å². The molecule has 0 aliphatic carbocycles. The zero-order chi connectivity index (χ0) is 25.5. The number of carboxylic acids is 1. The molecule has 1 atom stereocenters. The van der Waals surface area contributed by atoms with Crippen molar-refractivity contribution in [2.45, 2.75) is 39.2 Å². The maximum atomic E-state index is 13.1. The molecule has 0 aliphatic rings. The van der Waals surface area contributed by atoms with Gasteiger partial charge in [-0.25, -0.2) is 14.0 Å². The van der Waals surface area contributed by atoms with Crippen LogP contribution in [-0.2, 0) is 16.0 Å². The highest BCUT2D eigenvalue weighted by Gasteiger charge is 2.18. The van der Waals surface area contributed by atoms with Crippen molar-refractivity contribution in [3.63, 3.8) is 0 Å². The van der Waals surface area contributed by atoms with Crippen LogP contribution in [0.4, 0.5) is 9.18 Å². The van der Waals surface area contributed by atoms with Gasteiger partial charge >= 0.3 is 12.1 Å². The highest BCUT2D eigenvalue weighted by atomic mass is 32.2. The minimum absolute atomic E-state index is 0.258. The first-order valence-corrected chi connectivity index (χ1v) is 12.9. The van der Waals surface area contributed by atoms with Crippen LogP contribution in [0.2, 0.25) is 0 Å². The van der Waals surface area contributed by atoms with Crippen molar-refractivity contribution in [3.05, 3.63) is 59.9 Å². The second kappa shape index (κ2) is 16.0. The standard InChI is InChI=1S/C26H34FNO6S/c1-3-5-17-35-18-15-28(26(31)34-23-12-8-21(27)9-13-23)14-16-33-22-10-6-20(7-11-22)19-24(25(29)30)32-4-2/h6-13,24H,3-5,14-19H2,1-2H3,(H,29,30). The summed E-state index contributed by atoms with van der Waals surface area (Å²) in [6, 6.07) is 12.5. The maximum Gasteiger partial charge on any atom is 0.415 e. The molecule has 2 rings (SSSR count). The van der Waals surface area contributed by atoms with E-state index in [1.165, 1.54) is 24.3 Å². The average Bonchev–Trinajstić information content (AvgIpc) is 2.84. The highest BCUT2D eigenvalue weighted by Crippen LogP contribution is 2.16. The summed E-state index contributed by atoms with van der Waals surface area (Å²) in [7, 11) is 0. The van der Waals surface area contributed by atoms with Gasteiger partial charge in [-0.3, -0.25) is 0 Å². The predicted octanol–water partition coefficient (Wildman–Crippen LogP) is 5.27. The third kappa shape index (κ3) is 11.0. The molecule has 0 aromatic heterocycles. The van der Waals surface area contributed by atoms with Crippen LogP contribution in [0.5, 0.6) is 11.5 Å². The van der Waals surface area contributed by atoms with Crippen molar-refractivity contribution in [3.8, 4) is 11.5 Å². The summed E-state index contributed by atoms with van der Waals surface area (Å²) in [5.41, 5.74) is 0.826. The molecule has 192 valence electrons. The van der Waals surface area contributed by atoms with Crippen LogP contribution in [0.15, 0.2) is 48.5 Å². The Morgan fingerprint density at radius 3 is 2.31 bits per heavy atom. The molecule has 35 heavy (non-hydrogen) atoms. The normalized spacial score (nSPS) is 11.6. The molecule has 0 saturated carbocycles. The van der Waals surface area contributed by atoms with E-state index in [0.29, 0.717) is 25.4 Å². The number of benzene rings is 2. The molecule has 2 aromatic rings. The molecule has 0 bridgehead atoms. The Balaban J connectivity index is 1.89. The van der Waals surface area contributed by atoms with E-state index in [-0.39, 0.29) is 18.8 Å². The molecule has 7 nitrogen and oxygen atoms in total. The van der Waals surface area contributed by atoms with Crippen LogP contribution in [0, 0.1) is 5.82 Å². The van der Waals surface area contributed by atoms with E-state index in [9.17, 15) is 19.1 Å². The molecule has 0 heterocycles. The lowest BCUT2D eigenvalue weighted by Crippen LogP contribution is -2.38. The number of hydrogen-bond donors (Lipinski definition) is 1. The van der Waals surface area contributed by atoms with Gasteiger partial charge in [0.2, 0.25) is 0 Å². The summed E-state index contributed by atoms with van der Waals surface area (Å²) >= 11 is 1.78. The zero-order valence-electron chi connectivity index (χ0n) is 20.3. The van der Waals surface area contributed by atoms with Crippen molar-refractivity contribution >= 4 is 23.8 Å². The highest BCUT2D eigenvalue weighted by molar-refractivity contribution is 7.99. The minimum atomic E-state index is -0.993. The van der Waals surface area contributed by atoms with Gasteiger partial charge in [-0.15, -0.1) is 0 Å². The quantitative estimate of drug-likeness (QED) is 0.310. The van der Waals surface area contributed by atoms with Crippen molar-refractivity contribution < 1.29 is 33.3 Å². The topological polar surface area (TPSA) is 85.3 Å². The predicted molar refractivity (Wildman–Crippen MR) is 135 cm³/mol. The number of amides is 1. The molecule has 2 aromatic carbocycles. The van der Waals surface area contributed by atoms with Gasteiger partial charge in [0.05, 0.1) is 6.54 Å². The monoisotopic (exact) mass is 507 g/mol. The smallest absolute Gasteiger partial charge is 0.415 e. The third-order valence-corrected chi connectivity index (χ3v) is 6.09. The van der Waals surface area contributed by atoms with Gasteiger partial charge in [-0.05, 0) is 61.1 Å². The minimum Gasteiger partial charge on any atom is -0.492 e. The van der Waals surface area contributed by atoms with E-state index in [0.717, 1.165) is 29.9 Å². The van der Waals surface area contributed by atoms with Crippen LogP contribution in [-0.4, -0.2) is 66.0 Å². The maximum absolute atomic E-state index is 13.1. The first-order valence-electron chi connectivity index (χ1n) is 11.8. The van der Waals surface area contributed by atoms with Gasteiger partial charge in [0.15, 0.2) is 6.10 Å². The third-order valence-electron chi connectivity index (χ3n) is 5.04. The number of aliphatic carboxylic acids is 1. The molecular formula is C26H34FNO6S. The zero-order valence-corrected chi connectivity index (χ0v) is 21.1. The van der Waals surface area contributed by atoms with Crippen LogP contribution in [0.1, 0.15) is 32.3 Å². The number of hydrogen-bond acceptors (Lipinski definition) is 6. The van der Waals surface area contributed by atoms with Crippen LogP contribution < -0.4 is 9.47 Å². The van der Waals surface area contributed by atoms with Gasteiger partial charge in [-0.2, -0.15) is 11.8 Å². The number of carbonyl (C=O) groups is 2. The van der Waals surface area contributed by atoms with Gasteiger partial charge in [0.1, 0.15) is 23.9 Å². The Hall–Kier alpha value is -2.78. The molecule has 1 N–H and O–H groups in total. The summed E-state index contributed by atoms with van der Waals surface area (Å²) in [6.45, 7) is 5.31. The molecule has 0 radical (unpaired) electrons. The summed E-state index contributed by atoms with van der Waals surface area (Å²) < 4.78 is 29.6. The van der Waals surface area contributed by atoms with Gasteiger partial charge in [0, 0.05) is 25.3 Å². The van der Waals surface area contributed by atoms with Gasteiger partial charge < -0.3 is 24.2 Å². The van der Waals surface area contributed by atoms with Crippen molar-refractivity contribution in [1.82, 2.24) is 4.90 Å². The molecule has 9 heteroatoms. The fourth-order valence-electron chi connectivity index (χ4n) is 3.11. The summed E-state index contributed by atoms with van der Waals surface area (Å²) in [4.78, 5) is 25.5. The van der Waals surface area contributed by atoms with E-state index in [4.69, 9.17) is 14.2 Å². The van der Waals surface area contributed by atoms with E-state index < -0.39 is 24.0 Å². The Morgan fingerprint density at radius 1 is 1.00 bits per heavy atom. The number of rotatable bonds is 16. The van der Waals surface area contributed by atoms with Gasteiger partial charge in [0.25, 0.3) is 0 Å². The Bertz CT molecular complexity index is 894. The van der Waals surface area contributed by atoms with Gasteiger partial charge in [-0.1, -0.05) is 25.5 Å². The Morgan fingerprint density at radius 2 is 1.69 bits per heavy atom. The summed E-state index contributed by atoms with van der Waals surface area (Å²) in [5.74, 6) is 1.31. The molecule has 0 saturated heterocycles. The Kier molecular flexibility index (Phi) is 13.0. The van der Waals surface area contributed by atoms with Crippen LogP contribution in [0.25, 0.3) is 0 Å². The lowest BCUT2D eigenvalue weighted by molar-refractivity contribution is -0.149. The molecule has 1 unspecified atom stereocenters. The fraction of sp³-hybridized carbons (Fsp3) is 0.462. The Labute approximate surface area is 210 Å². The molecule has 0 fully saturated rings. The van der Waals surface area contributed by atoms with Crippen molar-refractivity contribution in [2.75, 3.05) is 37.8 Å².